The van der Waals surface area contributed by atoms with Gasteiger partial charge >= 0.3 is 0 Å². The van der Waals surface area contributed by atoms with Crippen LogP contribution < -0.4 is 5.32 Å². The molecule has 2 aromatic rings. The Hall–Kier alpha value is -1.80. The molecule has 2 heteroatoms. The molecule has 2 heterocycles. The minimum Gasteiger partial charge on any atom is -0.384 e. The summed E-state index contributed by atoms with van der Waals surface area (Å²) >= 11 is 0. The molecule has 0 amide bonds. The Labute approximate surface area is 133 Å². The first kappa shape index (κ1) is 13.8. The fraction of sp³-hybridized carbons (Fsp3) is 0.400. The van der Waals surface area contributed by atoms with E-state index in [9.17, 15) is 0 Å². The Balaban J connectivity index is 1.37. The molecule has 1 N–H and O–H groups in total. The van der Waals surface area contributed by atoms with E-state index in [2.05, 4.69) is 64.8 Å². The second-order valence-corrected chi connectivity index (χ2v) is 6.76. The molecule has 22 heavy (non-hydrogen) atoms. The van der Waals surface area contributed by atoms with Gasteiger partial charge in [-0.05, 0) is 49.5 Å². The van der Waals surface area contributed by atoms with E-state index in [4.69, 9.17) is 0 Å². The molecule has 2 aliphatic heterocycles. The molecule has 2 aromatic carbocycles. The summed E-state index contributed by atoms with van der Waals surface area (Å²) in [6.07, 6.45) is 3.74. The molecule has 114 valence electrons. The van der Waals surface area contributed by atoms with Crippen molar-refractivity contribution in [2.45, 2.75) is 24.7 Å². The van der Waals surface area contributed by atoms with Gasteiger partial charge < -0.3 is 10.2 Å². The molecule has 0 unspecified atom stereocenters. The molecule has 1 spiro atoms. The lowest BCUT2D eigenvalue weighted by Crippen LogP contribution is -2.44. The van der Waals surface area contributed by atoms with E-state index >= 15 is 0 Å². The second kappa shape index (κ2) is 5.77. The van der Waals surface area contributed by atoms with E-state index < -0.39 is 0 Å². The molecule has 1 saturated heterocycles. The number of nitrogens with zero attached hydrogens (tertiary/aromatic N) is 1. The Kier molecular flexibility index (Phi) is 3.63. The van der Waals surface area contributed by atoms with Gasteiger partial charge in [0.25, 0.3) is 0 Å². The van der Waals surface area contributed by atoms with Crippen LogP contribution in [-0.4, -0.2) is 31.1 Å². The number of likely N-dealkylation sites (tertiary alicyclic amines) is 1. The maximum Gasteiger partial charge on any atom is 0.0379 e. The molecule has 2 nitrogen and oxygen atoms in total. The number of para-hydroxylation sites is 1. The molecule has 0 saturated carbocycles. The molecular weight excluding hydrogens is 268 g/mol. The molecule has 0 aliphatic carbocycles. The highest BCUT2D eigenvalue weighted by Gasteiger charge is 2.40. The first-order valence-electron chi connectivity index (χ1n) is 8.45. The molecule has 0 atom stereocenters. The zero-order valence-corrected chi connectivity index (χ0v) is 13.1. The summed E-state index contributed by atoms with van der Waals surface area (Å²) in [5.74, 6) is 0. The van der Waals surface area contributed by atoms with Crippen molar-refractivity contribution in [3.63, 3.8) is 0 Å². The number of anilines is 1. The van der Waals surface area contributed by atoms with Crippen LogP contribution in [0.4, 0.5) is 5.69 Å². The van der Waals surface area contributed by atoms with Crippen LogP contribution >= 0.6 is 0 Å². The summed E-state index contributed by atoms with van der Waals surface area (Å²) in [6, 6.07) is 19.7. The third-order valence-corrected chi connectivity index (χ3v) is 5.49. The minimum absolute atomic E-state index is 0.389. The van der Waals surface area contributed by atoms with Gasteiger partial charge in [-0.15, -0.1) is 0 Å². The quantitative estimate of drug-likeness (QED) is 0.928. The van der Waals surface area contributed by atoms with Crippen molar-refractivity contribution in [1.29, 1.82) is 0 Å². The predicted molar refractivity (Wildman–Crippen MR) is 92.4 cm³/mol. The molecule has 0 aromatic heterocycles. The molecule has 0 bridgehead atoms. The average molecular weight is 292 g/mol. The Bertz CT molecular complexity index is 627. The summed E-state index contributed by atoms with van der Waals surface area (Å²) in [5, 5.41) is 3.61. The van der Waals surface area contributed by atoms with Gasteiger partial charge in [-0.25, -0.2) is 0 Å². The fourth-order valence-electron chi connectivity index (χ4n) is 4.04. The number of rotatable bonds is 3. The van der Waals surface area contributed by atoms with Gasteiger partial charge in [0.2, 0.25) is 0 Å². The summed E-state index contributed by atoms with van der Waals surface area (Å²) in [7, 11) is 0. The normalized spacial score (nSPS) is 19.8. The van der Waals surface area contributed by atoms with Crippen LogP contribution in [0.3, 0.4) is 0 Å². The lowest BCUT2D eigenvalue weighted by atomic mass is 9.74. The largest absolute Gasteiger partial charge is 0.384 e. The van der Waals surface area contributed by atoms with Gasteiger partial charge in [0.05, 0.1) is 0 Å². The number of fused-ring (bicyclic) bond motifs is 2. The summed E-state index contributed by atoms with van der Waals surface area (Å²) in [6.45, 7) is 4.76. The molecule has 0 radical (unpaired) electrons. The number of benzene rings is 2. The third kappa shape index (κ3) is 2.52. The van der Waals surface area contributed by atoms with E-state index in [1.165, 1.54) is 50.1 Å². The number of piperidine rings is 1. The van der Waals surface area contributed by atoms with Crippen molar-refractivity contribution >= 4 is 5.69 Å². The van der Waals surface area contributed by atoms with Crippen molar-refractivity contribution in [1.82, 2.24) is 4.90 Å². The summed E-state index contributed by atoms with van der Waals surface area (Å²) in [5.41, 5.74) is 4.76. The van der Waals surface area contributed by atoms with E-state index in [0.29, 0.717) is 5.41 Å². The molecular formula is C20H24N2. The van der Waals surface area contributed by atoms with E-state index in [1.54, 1.807) is 5.56 Å². The summed E-state index contributed by atoms with van der Waals surface area (Å²) < 4.78 is 0. The van der Waals surface area contributed by atoms with Crippen LogP contribution in [0, 0.1) is 0 Å². The van der Waals surface area contributed by atoms with Crippen molar-refractivity contribution < 1.29 is 0 Å². The maximum absolute atomic E-state index is 3.61. The van der Waals surface area contributed by atoms with Crippen LogP contribution in [0.5, 0.6) is 0 Å². The van der Waals surface area contributed by atoms with Crippen molar-refractivity contribution in [2.75, 3.05) is 31.5 Å². The van der Waals surface area contributed by atoms with E-state index in [-0.39, 0.29) is 0 Å². The first-order valence-corrected chi connectivity index (χ1v) is 8.45. The SMILES string of the molecule is c1ccc(CCN2CCC3(CC2)CNc2ccccc23)cc1. The minimum atomic E-state index is 0.389. The Morgan fingerprint density at radius 1 is 0.909 bits per heavy atom. The number of hydrogen-bond acceptors (Lipinski definition) is 2. The van der Waals surface area contributed by atoms with Crippen molar-refractivity contribution in [3.05, 3.63) is 65.7 Å². The molecule has 4 rings (SSSR count). The van der Waals surface area contributed by atoms with Crippen LogP contribution in [0.25, 0.3) is 0 Å². The van der Waals surface area contributed by atoms with Gasteiger partial charge in [0.1, 0.15) is 0 Å². The Morgan fingerprint density at radius 2 is 1.64 bits per heavy atom. The van der Waals surface area contributed by atoms with Crippen LogP contribution in [-0.2, 0) is 11.8 Å². The lowest BCUT2D eigenvalue weighted by Gasteiger charge is -2.39. The fourth-order valence-corrected chi connectivity index (χ4v) is 4.04. The van der Waals surface area contributed by atoms with Gasteiger partial charge in [-0.2, -0.15) is 0 Å². The van der Waals surface area contributed by atoms with E-state index in [1.807, 2.05) is 0 Å². The van der Waals surface area contributed by atoms with Gasteiger partial charge in [-0.1, -0.05) is 48.5 Å². The highest BCUT2D eigenvalue weighted by Crippen LogP contribution is 2.43. The molecule has 1 fully saturated rings. The zero-order valence-electron chi connectivity index (χ0n) is 13.1. The monoisotopic (exact) mass is 292 g/mol. The van der Waals surface area contributed by atoms with E-state index in [0.717, 1.165) is 6.54 Å². The second-order valence-electron chi connectivity index (χ2n) is 6.76. The van der Waals surface area contributed by atoms with Gasteiger partial charge in [0, 0.05) is 24.2 Å². The topological polar surface area (TPSA) is 15.3 Å². The Morgan fingerprint density at radius 3 is 2.45 bits per heavy atom. The first-order chi connectivity index (χ1) is 10.9. The average Bonchev–Trinajstić information content (AvgIpc) is 2.94. The maximum atomic E-state index is 3.61. The molecule has 2 aliphatic rings. The van der Waals surface area contributed by atoms with Crippen molar-refractivity contribution in [3.8, 4) is 0 Å². The smallest absolute Gasteiger partial charge is 0.0379 e. The zero-order chi connectivity index (χ0) is 14.8. The van der Waals surface area contributed by atoms with Crippen LogP contribution in [0.2, 0.25) is 0 Å². The highest BCUT2D eigenvalue weighted by molar-refractivity contribution is 5.60. The van der Waals surface area contributed by atoms with Crippen LogP contribution in [0.1, 0.15) is 24.0 Å². The van der Waals surface area contributed by atoms with Crippen molar-refractivity contribution in [2.24, 2.45) is 0 Å². The lowest BCUT2D eigenvalue weighted by molar-refractivity contribution is 0.170. The number of nitrogens with one attached hydrogen (secondary N) is 1. The number of hydrogen-bond donors (Lipinski definition) is 1. The third-order valence-electron chi connectivity index (χ3n) is 5.49. The summed E-state index contributed by atoms with van der Waals surface area (Å²) in [4.78, 5) is 2.64. The standard InChI is InChI=1S/C20H24N2/c1-2-6-17(7-3-1)10-13-22-14-11-20(12-15-22)16-21-19-9-5-4-8-18(19)20/h1-9,21H,10-16H2. The van der Waals surface area contributed by atoms with Gasteiger partial charge in [-0.3, -0.25) is 0 Å². The predicted octanol–water partition coefficient (Wildman–Crippen LogP) is 3.69. The highest BCUT2D eigenvalue weighted by atomic mass is 15.1. The van der Waals surface area contributed by atoms with Crippen LogP contribution in [0.15, 0.2) is 54.6 Å². The van der Waals surface area contributed by atoms with Gasteiger partial charge in [0.15, 0.2) is 0 Å².